The van der Waals surface area contributed by atoms with E-state index in [0.717, 1.165) is 47.5 Å². The summed E-state index contributed by atoms with van der Waals surface area (Å²) in [5, 5.41) is 4.94. The monoisotopic (exact) mass is 377 g/mol. The van der Waals surface area contributed by atoms with E-state index in [9.17, 15) is 4.79 Å². The molecule has 2 aliphatic carbocycles. The molecular weight excluding hydrogens is 354 g/mol. The van der Waals surface area contributed by atoms with E-state index in [0.29, 0.717) is 13.2 Å². The Morgan fingerprint density at radius 1 is 1.32 bits per heavy atom. The Morgan fingerprint density at radius 3 is 2.82 bits per heavy atom. The van der Waals surface area contributed by atoms with Crippen LogP contribution in [0.15, 0.2) is 28.8 Å². The molecule has 0 radical (unpaired) electrons. The Hall–Kier alpha value is -2.89. The van der Waals surface area contributed by atoms with Gasteiger partial charge in [-0.25, -0.2) is 4.79 Å². The average molecular weight is 377 g/mol. The van der Waals surface area contributed by atoms with Crippen molar-refractivity contribution in [3.05, 3.63) is 58.4 Å². The normalized spacial score (nSPS) is 16.0. The number of aromatic nitrogens is 3. The number of carbonyl (C=O) groups is 1. The van der Waals surface area contributed by atoms with E-state index in [1.165, 1.54) is 11.3 Å². The van der Waals surface area contributed by atoms with Gasteiger partial charge in [0.2, 0.25) is 5.76 Å². The van der Waals surface area contributed by atoms with E-state index < -0.39 is 5.97 Å². The summed E-state index contributed by atoms with van der Waals surface area (Å²) in [5.74, 6) is 0.713. The summed E-state index contributed by atoms with van der Waals surface area (Å²) in [4.78, 5) is 16.5. The van der Waals surface area contributed by atoms with Crippen molar-refractivity contribution >= 4 is 5.97 Å². The fraction of sp³-hybridized carbons (Fsp3) is 0.409. The van der Waals surface area contributed by atoms with Gasteiger partial charge in [0.25, 0.3) is 0 Å². The summed E-state index contributed by atoms with van der Waals surface area (Å²) in [6, 6.07) is 5.92. The van der Waals surface area contributed by atoms with E-state index in [2.05, 4.69) is 22.7 Å². The van der Waals surface area contributed by atoms with Crippen LogP contribution in [-0.2, 0) is 23.1 Å². The maximum Gasteiger partial charge on any atom is 0.374 e. The Labute approximate surface area is 163 Å². The van der Waals surface area contributed by atoms with Crippen LogP contribution in [0.1, 0.15) is 58.6 Å². The van der Waals surface area contributed by atoms with Gasteiger partial charge in [0.1, 0.15) is 5.76 Å². The van der Waals surface area contributed by atoms with Crippen molar-refractivity contribution in [3.63, 3.8) is 0 Å². The molecular formula is C22H23N3O3. The second-order valence-electron chi connectivity index (χ2n) is 7.90. The first-order chi connectivity index (χ1) is 13.5. The Morgan fingerprint density at radius 2 is 2.14 bits per heavy atom. The van der Waals surface area contributed by atoms with Crippen LogP contribution in [0.3, 0.4) is 0 Å². The van der Waals surface area contributed by atoms with Crippen molar-refractivity contribution in [1.29, 1.82) is 0 Å². The molecule has 3 aromatic rings. The smallest absolute Gasteiger partial charge is 0.374 e. The summed E-state index contributed by atoms with van der Waals surface area (Å²) in [6.07, 6.45) is 5.00. The van der Waals surface area contributed by atoms with Crippen molar-refractivity contribution in [3.8, 4) is 11.3 Å². The number of ether oxygens (including phenoxy) is 1. The first-order valence-electron chi connectivity index (χ1n) is 9.80. The van der Waals surface area contributed by atoms with Crippen molar-refractivity contribution in [2.45, 2.75) is 52.0 Å². The highest BCUT2D eigenvalue weighted by molar-refractivity contribution is 5.89. The number of rotatable bonds is 4. The van der Waals surface area contributed by atoms with E-state index in [4.69, 9.17) is 14.3 Å². The number of nitrogens with zero attached hydrogens (tertiary/aromatic N) is 3. The lowest BCUT2D eigenvalue weighted by molar-refractivity contribution is 0.0487. The number of fused-ring (bicyclic) bond motifs is 4. The lowest BCUT2D eigenvalue weighted by Gasteiger charge is -2.20. The fourth-order valence-corrected chi connectivity index (χ4v) is 4.33. The molecule has 6 nitrogen and oxygen atoms in total. The molecule has 2 aliphatic rings. The van der Waals surface area contributed by atoms with Gasteiger partial charge in [-0.1, -0.05) is 6.07 Å². The van der Waals surface area contributed by atoms with E-state index in [-0.39, 0.29) is 11.2 Å². The fourth-order valence-electron chi connectivity index (χ4n) is 4.33. The van der Waals surface area contributed by atoms with Crippen LogP contribution in [0.25, 0.3) is 11.3 Å². The predicted octanol–water partition coefficient (Wildman–Crippen LogP) is 3.97. The summed E-state index contributed by atoms with van der Waals surface area (Å²) in [5.41, 5.74) is 6.63. The topological polar surface area (TPSA) is 70.2 Å². The van der Waals surface area contributed by atoms with Gasteiger partial charge in [0, 0.05) is 46.6 Å². The minimum atomic E-state index is -0.412. The number of aryl methyl sites for hydroxylation is 1. The van der Waals surface area contributed by atoms with Crippen LogP contribution in [0, 0.1) is 13.8 Å². The molecule has 1 saturated carbocycles. The zero-order valence-electron chi connectivity index (χ0n) is 16.4. The van der Waals surface area contributed by atoms with Gasteiger partial charge in [-0.2, -0.15) is 5.10 Å². The highest BCUT2D eigenvalue weighted by Gasteiger charge is 2.52. The Balaban J connectivity index is 1.57. The molecule has 0 amide bonds. The molecule has 3 heterocycles. The molecule has 0 N–H and O–H groups in total. The molecule has 0 aliphatic heterocycles. The van der Waals surface area contributed by atoms with Gasteiger partial charge >= 0.3 is 5.97 Å². The maximum absolute atomic E-state index is 12.1. The molecule has 1 spiro atoms. The van der Waals surface area contributed by atoms with Crippen LogP contribution >= 0.6 is 0 Å². The van der Waals surface area contributed by atoms with Gasteiger partial charge in [-0.3, -0.25) is 9.67 Å². The van der Waals surface area contributed by atoms with Crippen LogP contribution < -0.4 is 0 Å². The molecule has 6 heteroatoms. The van der Waals surface area contributed by atoms with Crippen LogP contribution in [0.5, 0.6) is 0 Å². The third-order valence-electron chi connectivity index (χ3n) is 5.94. The van der Waals surface area contributed by atoms with Gasteiger partial charge in [0.15, 0.2) is 0 Å². The molecule has 0 bridgehead atoms. The second-order valence-corrected chi connectivity index (χ2v) is 7.90. The molecule has 0 unspecified atom stereocenters. The number of carbonyl (C=O) groups excluding carboxylic acids is 1. The Kier molecular flexibility index (Phi) is 3.73. The number of esters is 1. The summed E-state index contributed by atoms with van der Waals surface area (Å²) in [7, 11) is 0. The molecule has 0 atom stereocenters. The molecule has 0 saturated heterocycles. The van der Waals surface area contributed by atoms with Crippen molar-refractivity contribution in [2.75, 3.05) is 6.61 Å². The Bertz CT molecular complexity index is 1070. The SMILES string of the molecule is CCOC(=O)c1cc2c(o1)CC1(CC1)c1c-2nn(Cc2ccc(C)nc2)c1C. The number of pyridine rings is 1. The van der Waals surface area contributed by atoms with Gasteiger partial charge in [0.05, 0.1) is 18.8 Å². The summed E-state index contributed by atoms with van der Waals surface area (Å²) >= 11 is 0. The maximum atomic E-state index is 12.1. The zero-order chi connectivity index (χ0) is 19.5. The van der Waals surface area contributed by atoms with Crippen molar-refractivity contribution in [1.82, 2.24) is 14.8 Å². The lowest BCUT2D eigenvalue weighted by atomic mass is 9.82. The van der Waals surface area contributed by atoms with Gasteiger partial charge in [-0.15, -0.1) is 0 Å². The van der Waals surface area contributed by atoms with Crippen molar-refractivity contribution < 1.29 is 13.9 Å². The lowest BCUT2D eigenvalue weighted by Crippen LogP contribution is -2.17. The van der Waals surface area contributed by atoms with E-state index in [1.807, 2.05) is 19.2 Å². The van der Waals surface area contributed by atoms with E-state index >= 15 is 0 Å². The second kappa shape index (κ2) is 6.06. The summed E-state index contributed by atoms with van der Waals surface area (Å²) < 4.78 is 13.1. The minimum absolute atomic E-state index is 0.111. The largest absolute Gasteiger partial charge is 0.460 e. The first-order valence-corrected chi connectivity index (χ1v) is 9.80. The van der Waals surface area contributed by atoms with Gasteiger partial charge in [-0.05, 0) is 45.2 Å². The van der Waals surface area contributed by atoms with Crippen LogP contribution in [0.2, 0.25) is 0 Å². The van der Waals surface area contributed by atoms with Crippen LogP contribution in [-0.4, -0.2) is 27.3 Å². The third kappa shape index (κ3) is 2.58. The molecule has 5 rings (SSSR count). The molecule has 3 aromatic heterocycles. The molecule has 144 valence electrons. The summed E-state index contributed by atoms with van der Waals surface area (Å²) in [6.45, 7) is 6.94. The molecule has 0 aromatic carbocycles. The average Bonchev–Trinajstić information content (AvgIpc) is 3.16. The number of furan rings is 1. The third-order valence-corrected chi connectivity index (χ3v) is 5.94. The zero-order valence-corrected chi connectivity index (χ0v) is 16.4. The number of hydrogen-bond donors (Lipinski definition) is 0. The molecule has 1 fully saturated rings. The predicted molar refractivity (Wildman–Crippen MR) is 103 cm³/mol. The first kappa shape index (κ1) is 17.2. The number of hydrogen-bond acceptors (Lipinski definition) is 5. The van der Waals surface area contributed by atoms with Crippen molar-refractivity contribution in [2.24, 2.45) is 0 Å². The molecule has 28 heavy (non-hydrogen) atoms. The van der Waals surface area contributed by atoms with Gasteiger partial charge < -0.3 is 9.15 Å². The highest BCUT2D eigenvalue weighted by Crippen LogP contribution is 2.58. The standard InChI is InChI=1S/C22H23N3O3/c1-4-27-21(26)17-9-16-18(28-17)10-22(7-8-22)19-14(3)25(24-20(16)19)12-15-6-5-13(2)23-11-15/h5-6,9,11H,4,7-8,10,12H2,1-3H3. The van der Waals surface area contributed by atoms with Crippen LogP contribution in [0.4, 0.5) is 0 Å². The van der Waals surface area contributed by atoms with E-state index in [1.54, 1.807) is 13.0 Å². The minimum Gasteiger partial charge on any atom is -0.460 e. The quantitative estimate of drug-likeness (QED) is 0.644. The highest BCUT2D eigenvalue weighted by atomic mass is 16.5.